The first-order chi connectivity index (χ1) is 8.13. The Kier molecular flexibility index (Phi) is 8.57. The van der Waals surface area contributed by atoms with E-state index in [1.54, 1.807) is 0 Å². The maximum atomic E-state index is 3.95. The fraction of sp³-hybridized carbons (Fsp3) is 0.333. The molecule has 0 bridgehead atoms. The van der Waals surface area contributed by atoms with Gasteiger partial charge in [-0.15, -0.1) is 0 Å². The maximum Gasteiger partial charge on any atom is 0.0245 e. The molecule has 0 amide bonds. The molecule has 2 N–H and O–H groups in total. The van der Waals surface area contributed by atoms with Gasteiger partial charge in [0, 0.05) is 11.4 Å². The van der Waals surface area contributed by atoms with E-state index in [2.05, 4.69) is 43.6 Å². The smallest absolute Gasteiger partial charge is 0.0245 e. The predicted octanol–water partition coefficient (Wildman–Crippen LogP) is 3.99. The van der Waals surface area contributed by atoms with Gasteiger partial charge in [0.25, 0.3) is 0 Å². The standard InChI is InChI=1S/C15H24N2/c1-6-9-10-15(8-3)12-11-14(5)17-16-13(4)7-2/h6,8-10,16-17H,3-5,7,11-12H2,1-2H3/b9-6-,15-10+. The Morgan fingerprint density at radius 3 is 2.29 bits per heavy atom. The van der Waals surface area contributed by atoms with Gasteiger partial charge in [0.2, 0.25) is 0 Å². The quantitative estimate of drug-likeness (QED) is 0.464. The van der Waals surface area contributed by atoms with Gasteiger partial charge >= 0.3 is 0 Å². The molecule has 17 heavy (non-hydrogen) atoms. The summed E-state index contributed by atoms with van der Waals surface area (Å²) < 4.78 is 0. The highest BCUT2D eigenvalue weighted by Crippen LogP contribution is 2.09. The molecule has 0 atom stereocenters. The summed E-state index contributed by atoms with van der Waals surface area (Å²) in [6.07, 6.45) is 10.7. The molecule has 0 aliphatic carbocycles. The van der Waals surface area contributed by atoms with E-state index in [9.17, 15) is 0 Å². The Hall–Kier alpha value is -1.70. The first-order valence-electron chi connectivity index (χ1n) is 5.95. The van der Waals surface area contributed by atoms with E-state index in [0.29, 0.717) is 0 Å². The van der Waals surface area contributed by atoms with Crippen molar-refractivity contribution in [3.05, 3.63) is 61.0 Å². The molecule has 0 aliphatic heterocycles. The van der Waals surface area contributed by atoms with Crippen molar-refractivity contribution >= 4 is 0 Å². The van der Waals surface area contributed by atoms with Crippen molar-refractivity contribution in [2.45, 2.75) is 33.1 Å². The van der Waals surface area contributed by atoms with Gasteiger partial charge in [-0.25, -0.2) is 0 Å². The van der Waals surface area contributed by atoms with E-state index in [1.807, 2.05) is 25.2 Å². The molecule has 0 rings (SSSR count). The van der Waals surface area contributed by atoms with Crippen LogP contribution in [0.4, 0.5) is 0 Å². The first kappa shape index (κ1) is 15.3. The third-order valence-corrected chi connectivity index (χ3v) is 2.32. The van der Waals surface area contributed by atoms with Gasteiger partial charge in [0.1, 0.15) is 0 Å². The number of nitrogens with one attached hydrogen (secondary N) is 2. The average Bonchev–Trinajstić information content (AvgIpc) is 2.36. The van der Waals surface area contributed by atoms with Gasteiger partial charge in [-0.3, -0.25) is 0 Å². The highest BCUT2D eigenvalue weighted by Gasteiger charge is 1.96. The van der Waals surface area contributed by atoms with Crippen LogP contribution in [0, 0.1) is 0 Å². The second-order valence-electron chi connectivity index (χ2n) is 3.78. The molecule has 94 valence electrons. The largest absolute Gasteiger partial charge is 0.306 e. The zero-order chi connectivity index (χ0) is 13.1. The van der Waals surface area contributed by atoms with Crippen LogP contribution in [-0.2, 0) is 0 Å². The Morgan fingerprint density at radius 2 is 1.76 bits per heavy atom. The van der Waals surface area contributed by atoms with Crippen LogP contribution in [0.5, 0.6) is 0 Å². The highest BCUT2D eigenvalue weighted by atomic mass is 15.4. The molecule has 0 unspecified atom stereocenters. The Bertz CT molecular complexity index is 322. The van der Waals surface area contributed by atoms with Gasteiger partial charge < -0.3 is 10.9 Å². The fourth-order valence-corrected chi connectivity index (χ4v) is 1.10. The molecule has 2 nitrogen and oxygen atoms in total. The lowest BCUT2D eigenvalue weighted by Gasteiger charge is -2.13. The summed E-state index contributed by atoms with van der Waals surface area (Å²) in [4.78, 5) is 0. The van der Waals surface area contributed by atoms with Crippen LogP contribution in [0.15, 0.2) is 61.0 Å². The van der Waals surface area contributed by atoms with Gasteiger partial charge in [0.15, 0.2) is 0 Å². The SMILES string of the molecule is C=C/C(=C\C=C/C)CCC(=C)NNC(=C)CC. The Morgan fingerprint density at radius 1 is 1.12 bits per heavy atom. The first-order valence-corrected chi connectivity index (χ1v) is 5.95. The van der Waals surface area contributed by atoms with Crippen LogP contribution in [0.3, 0.4) is 0 Å². The van der Waals surface area contributed by atoms with Crippen LogP contribution < -0.4 is 10.9 Å². The number of hydrazine groups is 1. The summed E-state index contributed by atoms with van der Waals surface area (Å²) in [7, 11) is 0. The van der Waals surface area contributed by atoms with E-state index in [0.717, 1.165) is 30.7 Å². The molecular weight excluding hydrogens is 208 g/mol. The number of hydrogen-bond acceptors (Lipinski definition) is 2. The van der Waals surface area contributed by atoms with Crippen molar-refractivity contribution < 1.29 is 0 Å². The molecule has 0 aromatic rings. The van der Waals surface area contributed by atoms with E-state index in [4.69, 9.17) is 0 Å². The van der Waals surface area contributed by atoms with Gasteiger partial charge in [-0.1, -0.05) is 51.0 Å². The summed E-state index contributed by atoms with van der Waals surface area (Å²) in [5, 5.41) is 0. The molecule has 0 fully saturated rings. The lowest BCUT2D eigenvalue weighted by molar-refractivity contribution is 0.643. The van der Waals surface area contributed by atoms with Crippen molar-refractivity contribution in [3.8, 4) is 0 Å². The summed E-state index contributed by atoms with van der Waals surface area (Å²) in [6.45, 7) is 15.6. The zero-order valence-electron chi connectivity index (χ0n) is 11.1. The van der Waals surface area contributed by atoms with Crippen molar-refractivity contribution in [2.24, 2.45) is 0 Å². The lowest BCUT2D eigenvalue weighted by atomic mass is 10.1. The third-order valence-electron chi connectivity index (χ3n) is 2.32. The number of allylic oxidation sites excluding steroid dienone is 7. The molecule has 0 spiro atoms. The molecule has 0 saturated heterocycles. The minimum atomic E-state index is 0.874. The molecule has 0 aliphatic rings. The van der Waals surface area contributed by atoms with Gasteiger partial charge in [0.05, 0.1) is 0 Å². The summed E-state index contributed by atoms with van der Waals surface area (Å²) in [6, 6.07) is 0. The number of rotatable bonds is 9. The minimum Gasteiger partial charge on any atom is -0.306 e. The van der Waals surface area contributed by atoms with Crippen molar-refractivity contribution in [1.82, 2.24) is 10.9 Å². The molecule has 2 heteroatoms. The summed E-state index contributed by atoms with van der Waals surface area (Å²) >= 11 is 0. The zero-order valence-corrected chi connectivity index (χ0v) is 11.1. The van der Waals surface area contributed by atoms with Crippen molar-refractivity contribution in [1.29, 1.82) is 0 Å². The van der Waals surface area contributed by atoms with Gasteiger partial charge in [-0.2, -0.15) is 0 Å². The number of hydrogen-bond donors (Lipinski definition) is 2. The molecule has 0 saturated carbocycles. The third kappa shape index (κ3) is 8.14. The van der Waals surface area contributed by atoms with E-state index < -0.39 is 0 Å². The van der Waals surface area contributed by atoms with E-state index in [-0.39, 0.29) is 0 Å². The molecule has 0 aromatic heterocycles. The minimum absolute atomic E-state index is 0.874. The monoisotopic (exact) mass is 232 g/mol. The van der Waals surface area contributed by atoms with Crippen LogP contribution in [-0.4, -0.2) is 0 Å². The predicted molar refractivity (Wildman–Crippen MR) is 77.2 cm³/mol. The van der Waals surface area contributed by atoms with Crippen molar-refractivity contribution in [2.75, 3.05) is 0 Å². The van der Waals surface area contributed by atoms with Crippen LogP contribution >= 0.6 is 0 Å². The van der Waals surface area contributed by atoms with Crippen LogP contribution in [0.1, 0.15) is 33.1 Å². The highest BCUT2D eigenvalue weighted by molar-refractivity contribution is 5.22. The van der Waals surface area contributed by atoms with Gasteiger partial charge in [-0.05, 0) is 31.8 Å². The molecule has 0 heterocycles. The topological polar surface area (TPSA) is 24.1 Å². The second-order valence-corrected chi connectivity index (χ2v) is 3.78. The Labute approximate surface area is 105 Å². The summed E-state index contributed by atoms with van der Waals surface area (Å²) in [5.41, 5.74) is 9.18. The molecular formula is C15H24N2. The van der Waals surface area contributed by atoms with Crippen LogP contribution in [0.25, 0.3) is 0 Å². The normalized spacial score (nSPS) is 11.3. The molecule has 0 radical (unpaired) electrons. The maximum absolute atomic E-state index is 3.95. The van der Waals surface area contributed by atoms with E-state index >= 15 is 0 Å². The summed E-state index contributed by atoms with van der Waals surface area (Å²) in [5.74, 6) is 0. The van der Waals surface area contributed by atoms with Crippen molar-refractivity contribution in [3.63, 3.8) is 0 Å². The van der Waals surface area contributed by atoms with Crippen LogP contribution in [0.2, 0.25) is 0 Å². The Balaban J connectivity index is 3.97. The fourth-order valence-electron chi connectivity index (χ4n) is 1.10. The van der Waals surface area contributed by atoms with E-state index in [1.165, 1.54) is 5.57 Å². The lowest BCUT2D eigenvalue weighted by Crippen LogP contribution is -2.29. The average molecular weight is 232 g/mol. The molecule has 0 aromatic carbocycles. The second kappa shape index (κ2) is 9.52.